The molecule has 1 N–H and O–H groups in total. The summed E-state index contributed by atoms with van der Waals surface area (Å²) in [4.78, 5) is 18.4. The van der Waals surface area contributed by atoms with Crippen LogP contribution in [0.25, 0.3) is 11.3 Å². The second kappa shape index (κ2) is 7.83. The molecule has 1 aliphatic carbocycles. The highest BCUT2D eigenvalue weighted by atomic mass is 16.2. The zero-order valence-electron chi connectivity index (χ0n) is 15.8. The third-order valence-corrected chi connectivity index (χ3v) is 5.22. The number of H-pyrrole nitrogens is 1. The summed E-state index contributed by atoms with van der Waals surface area (Å²) in [6.45, 7) is 2.82. The number of carbonyl (C=O) groups is 1. The average molecular weight is 358 g/mol. The molecule has 138 valence electrons. The van der Waals surface area contributed by atoms with Crippen molar-refractivity contribution in [3.8, 4) is 11.3 Å². The lowest BCUT2D eigenvalue weighted by atomic mass is 10.1. The van der Waals surface area contributed by atoms with Crippen molar-refractivity contribution in [1.29, 1.82) is 0 Å². The highest BCUT2D eigenvalue weighted by Crippen LogP contribution is 2.29. The second-order valence-electron chi connectivity index (χ2n) is 7.50. The van der Waals surface area contributed by atoms with Crippen molar-refractivity contribution in [3.05, 3.63) is 83.6 Å². The molecule has 1 saturated carbocycles. The fourth-order valence-corrected chi connectivity index (χ4v) is 3.45. The van der Waals surface area contributed by atoms with Gasteiger partial charge in [-0.2, -0.15) is 0 Å². The van der Waals surface area contributed by atoms with Gasteiger partial charge in [-0.25, -0.2) is 0 Å². The normalized spacial score (nSPS) is 13.5. The lowest BCUT2D eigenvalue weighted by Gasteiger charge is -2.22. The summed E-state index contributed by atoms with van der Waals surface area (Å²) in [5.41, 5.74) is 5.87. The Morgan fingerprint density at radius 2 is 1.74 bits per heavy atom. The first-order valence-electron chi connectivity index (χ1n) is 9.77. The summed E-state index contributed by atoms with van der Waals surface area (Å²) in [5, 5.41) is 0. The maximum absolute atomic E-state index is 12.9. The molecule has 1 aliphatic rings. The van der Waals surface area contributed by atoms with E-state index in [0.29, 0.717) is 12.5 Å². The van der Waals surface area contributed by atoms with E-state index < -0.39 is 0 Å². The highest BCUT2D eigenvalue weighted by molar-refractivity contribution is 5.77. The van der Waals surface area contributed by atoms with Crippen LogP contribution in [0.3, 0.4) is 0 Å². The molecule has 1 amide bonds. The predicted octanol–water partition coefficient (Wildman–Crippen LogP) is 5.11. The fraction of sp³-hybridized carbons (Fsp3) is 0.292. The number of aromatic amines is 1. The molecule has 0 spiro atoms. The summed E-state index contributed by atoms with van der Waals surface area (Å²) in [6, 6.07) is 23.4. The van der Waals surface area contributed by atoms with Gasteiger partial charge in [0.2, 0.25) is 5.91 Å². The lowest BCUT2D eigenvalue weighted by Crippen LogP contribution is -2.32. The minimum Gasteiger partial charge on any atom is -0.358 e. The van der Waals surface area contributed by atoms with Crippen LogP contribution in [0.2, 0.25) is 0 Å². The number of amides is 1. The quantitative estimate of drug-likeness (QED) is 0.626. The van der Waals surface area contributed by atoms with Crippen LogP contribution in [0.15, 0.2) is 66.7 Å². The maximum Gasteiger partial charge on any atom is 0.223 e. The Morgan fingerprint density at radius 1 is 1.00 bits per heavy atom. The van der Waals surface area contributed by atoms with Gasteiger partial charge in [-0.05, 0) is 49.4 Å². The zero-order chi connectivity index (χ0) is 18.6. The van der Waals surface area contributed by atoms with Crippen LogP contribution in [-0.2, 0) is 17.8 Å². The van der Waals surface area contributed by atoms with Crippen molar-refractivity contribution >= 4 is 5.91 Å². The van der Waals surface area contributed by atoms with E-state index in [0.717, 1.165) is 37.2 Å². The van der Waals surface area contributed by atoms with Gasteiger partial charge in [0.25, 0.3) is 0 Å². The van der Waals surface area contributed by atoms with Gasteiger partial charge in [0.15, 0.2) is 0 Å². The molecule has 0 unspecified atom stereocenters. The molecule has 3 heteroatoms. The van der Waals surface area contributed by atoms with E-state index in [-0.39, 0.29) is 5.91 Å². The standard InChI is InChI=1S/C24H26N2O/c1-18-7-9-19(10-8-18)17-26(22-13-14-22)24(27)16-12-21-11-15-23(25-21)20-5-3-2-4-6-20/h2-11,15,22,25H,12-14,16-17H2,1H3. The van der Waals surface area contributed by atoms with E-state index in [1.165, 1.54) is 16.7 Å². The van der Waals surface area contributed by atoms with Crippen molar-refractivity contribution in [2.24, 2.45) is 0 Å². The Kier molecular flexibility index (Phi) is 5.10. The van der Waals surface area contributed by atoms with E-state index in [1.54, 1.807) is 0 Å². The van der Waals surface area contributed by atoms with Gasteiger partial charge in [0.05, 0.1) is 0 Å². The van der Waals surface area contributed by atoms with Crippen molar-refractivity contribution in [2.75, 3.05) is 0 Å². The van der Waals surface area contributed by atoms with Gasteiger partial charge in [0.1, 0.15) is 0 Å². The first kappa shape index (κ1) is 17.6. The van der Waals surface area contributed by atoms with Crippen molar-refractivity contribution in [1.82, 2.24) is 9.88 Å². The Labute approximate surface area is 161 Å². The third-order valence-electron chi connectivity index (χ3n) is 5.22. The Hall–Kier alpha value is -2.81. The van der Waals surface area contributed by atoms with Crippen molar-refractivity contribution in [2.45, 2.75) is 45.2 Å². The summed E-state index contributed by atoms with van der Waals surface area (Å²) < 4.78 is 0. The Balaban J connectivity index is 1.37. The van der Waals surface area contributed by atoms with Crippen molar-refractivity contribution in [3.63, 3.8) is 0 Å². The minimum absolute atomic E-state index is 0.258. The molecule has 0 radical (unpaired) electrons. The van der Waals surface area contributed by atoms with Crippen LogP contribution in [0, 0.1) is 6.92 Å². The monoisotopic (exact) mass is 358 g/mol. The number of aryl methyl sites for hydroxylation is 2. The summed E-state index contributed by atoms with van der Waals surface area (Å²) in [7, 11) is 0. The number of aromatic nitrogens is 1. The topological polar surface area (TPSA) is 36.1 Å². The third kappa shape index (κ3) is 4.48. The summed E-state index contributed by atoms with van der Waals surface area (Å²) >= 11 is 0. The molecule has 0 aliphatic heterocycles. The van der Waals surface area contributed by atoms with E-state index in [2.05, 4.69) is 65.3 Å². The number of nitrogens with zero attached hydrogens (tertiary/aromatic N) is 1. The van der Waals surface area contributed by atoms with Crippen LogP contribution >= 0.6 is 0 Å². The fourth-order valence-electron chi connectivity index (χ4n) is 3.45. The largest absolute Gasteiger partial charge is 0.358 e. The van der Waals surface area contributed by atoms with Crippen LogP contribution in [-0.4, -0.2) is 21.8 Å². The first-order chi connectivity index (χ1) is 13.2. The molecule has 1 fully saturated rings. The predicted molar refractivity (Wildman–Crippen MR) is 109 cm³/mol. The molecule has 27 heavy (non-hydrogen) atoms. The van der Waals surface area contributed by atoms with Gasteiger partial charge in [0, 0.05) is 30.4 Å². The number of hydrogen-bond acceptors (Lipinski definition) is 1. The smallest absolute Gasteiger partial charge is 0.223 e. The van der Waals surface area contributed by atoms with E-state index in [9.17, 15) is 4.79 Å². The minimum atomic E-state index is 0.258. The van der Waals surface area contributed by atoms with Crippen LogP contribution in [0.5, 0.6) is 0 Å². The number of nitrogens with one attached hydrogen (secondary N) is 1. The molecule has 1 aromatic heterocycles. The Morgan fingerprint density at radius 3 is 2.44 bits per heavy atom. The summed E-state index contributed by atoms with van der Waals surface area (Å²) in [5.74, 6) is 0.258. The van der Waals surface area contributed by atoms with E-state index in [1.807, 2.05) is 18.2 Å². The molecule has 0 bridgehead atoms. The molecular formula is C24H26N2O. The van der Waals surface area contributed by atoms with Gasteiger partial charge in [-0.15, -0.1) is 0 Å². The average Bonchev–Trinajstić information content (AvgIpc) is 3.43. The molecule has 2 aromatic carbocycles. The molecular weight excluding hydrogens is 332 g/mol. The van der Waals surface area contributed by atoms with Gasteiger partial charge in [-0.3, -0.25) is 4.79 Å². The number of benzene rings is 2. The maximum atomic E-state index is 12.9. The van der Waals surface area contributed by atoms with Gasteiger partial charge in [-0.1, -0.05) is 60.2 Å². The zero-order valence-corrected chi connectivity index (χ0v) is 15.8. The molecule has 0 atom stereocenters. The number of rotatable bonds is 7. The molecule has 4 rings (SSSR count). The van der Waals surface area contributed by atoms with Crippen LogP contribution in [0.1, 0.15) is 36.1 Å². The van der Waals surface area contributed by atoms with Crippen LogP contribution in [0.4, 0.5) is 0 Å². The van der Waals surface area contributed by atoms with Crippen molar-refractivity contribution < 1.29 is 4.79 Å². The molecule has 3 nitrogen and oxygen atoms in total. The second-order valence-corrected chi connectivity index (χ2v) is 7.50. The molecule has 1 heterocycles. The van der Waals surface area contributed by atoms with Crippen LogP contribution < -0.4 is 0 Å². The lowest BCUT2D eigenvalue weighted by molar-refractivity contribution is -0.132. The molecule has 3 aromatic rings. The number of carbonyl (C=O) groups excluding carboxylic acids is 1. The van der Waals surface area contributed by atoms with Gasteiger partial charge >= 0.3 is 0 Å². The SMILES string of the molecule is Cc1ccc(CN(C(=O)CCc2ccc(-c3ccccc3)[nH]2)C2CC2)cc1. The Bertz CT molecular complexity index is 892. The molecule has 0 saturated heterocycles. The summed E-state index contributed by atoms with van der Waals surface area (Å²) in [6.07, 6.45) is 3.58. The van der Waals surface area contributed by atoms with E-state index in [4.69, 9.17) is 0 Å². The number of hydrogen-bond donors (Lipinski definition) is 1. The van der Waals surface area contributed by atoms with Gasteiger partial charge < -0.3 is 9.88 Å². The first-order valence-corrected chi connectivity index (χ1v) is 9.77. The highest BCUT2D eigenvalue weighted by Gasteiger charge is 2.32. The van der Waals surface area contributed by atoms with E-state index >= 15 is 0 Å².